The Morgan fingerprint density at radius 1 is 1.44 bits per heavy atom. The van der Waals surface area contributed by atoms with Crippen molar-refractivity contribution in [3.05, 3.63) is 20.8 Å². The van der Waals surface area contributed by atoms with Crippen molar-refractivity contribution in [2.75, 3.05) is 0 Å². The van der Waals surface area contributed by atoms with E-state index < -0.39 is 17.9 Å². The van der Waals surface area contributed by atoms with E-state index in [4.69, 9.17) is 5.11 Å². The maximum Gasteiger partial charge on any atom is 0.308 e. The lowest BCUT2D eigenvalue weighted by Gasteiger charge is -2.16. The van der Waals surface area contributed by atoms with Gasteiger partial charge in [0.05, 0.1) is 14.6 Å². The fraction of sp³-hybridized carbons (Fsp3) is 0.400. The fourth-order valence-electron chi connectivity index (χ4n) is 1.05. The smallest absolute Gasteiger partial charge is 0.308 e. The molecule has 1 amide bonds. The number of thiophene rings is 1. The van der Waals surface area contributed by atoms with Crippen molar-refractivity contribution >= 4 is 39.1 Å². The molecule has 1 heterocycles. The summed E-state index contributed by atoms with van der Waals surface area (Å²) in [5.74, 6) is -1.76. The third kappa shape index (κ3) is 3.31. The van der Waals surface area contributed by atoms with E-state index in [1.54, 1.807) is 26.0 Å². The zero-order valence-corrected chi connectivity index (χ0v) is 11.3. The van der Waals surface area contributed by atoms with Gasteiger partial charge in [0.25, 0.3) is 5.91 Å². The molecule has 2 atom stereocenters. The van der Waals surface area contributed by atoms with Crippen LogP contribution < -0.4 is 5.32 Å². The third-order valence-corrected chi connectivity index (χ3v) is 3.92. The average molecular weight is 306 g/mol. The predicted octanol–water partition coefficient (Wildman–Crippen LogP) is 2.35. The molecule has 0 aliphatic rings. The number of nitrogens with one attached hydrogen (secondary N) is 1. The summed E-state index contributed by atoms with van der Waals surface area (Å²) in [4.78, 5) is 23.0. The van der Waals surface area contributed by atoms with Gasteiger partial charge in [-0.1, -0.05) is 0 Å². The van der Waals surface area contributed by atoms with Gasteiger partial charge >= 0.3 is 5.97 Å². The number of rotatable bonds is 4. The number of aliphatic carboxylic acids is 1. The molecule has 16 heavy (non-hydrogen) atoms. The van der Waals surface area contributed by atoms with E-state index >= 15 is 0 Å². The lowest BCUT2D eigenvalue weighted by atomic mass is 10.0. The van der Waals surface area contributed by atoms with Gasteiger partial charge in [0.2, 0.25) is 0 Å². The molecule has 6 heteroatoms. The molecular weight excluding hydrogens is 294 g/mol. The van der Waals surface area contributed by atoms with Crippen molar-refractivity contribution in [2.45, 2.75) is 19.9 Å². The minimum Gasteiger partial charge on any atom is -0.481 e. The molecule has 2 N–H and O–H groups in total. The molecule has 0 aromatic carbocycles. The van der Waals surface area contributed by atoms with Gasteiger partial charge in [0.15, 0.2) is 0 Å². The largest absolute Gasteiger partial charge is 0.481 e. The van der Waals surface area contributed by atoms with Gasteiger partial charge < -0.3 is 10.4 Å². The van der Waals surface area contributed by atoms with Gasteiger partial charge in [-0.25, -0.2) is 0 Å². The second-order valence-corrected chi connectivity index (χ2v) is 5.96. The van der Waals surface area contributed by atoms with Gasteiger partial charge in [-0.3, -0.25) is 9.59 Å². The summed E-state index contributed by atoms with van der Waals surface area (Å²) in [5.41, 5.74) is 0. The monoisotopic (exact) mass is 305 g/mol. The Bertz CT molecular complexity index is 405. The standard InChI is InChI=1S/C10H12BrNO3S/c1-5(10(14)15)6(2)12-9(13)7-3-4-8(11)16-7/h3-6H,1-2H3,(H,12,13)(H,14,15). The van der Waals surface area contributed by atoms with E-state index in [0.29, 0.717) is 4.88 Å². The lowest BCUT2D eigenvalue weighted by Crippen LogP contribution is -2.39. The van der Waals surface area contributed by atoms with Gasteiger partial charge in [-0.05, 0) is 41.9 Å². The van der Waals surface area contributed by atoms with E-state index in [1.807, 2.05) is 0 Å². The van der Waals surface area contributed by atoms with Crippen molar-refractivity contribution in [3.8, 4) is 0 Å². The Morgan fingerprint density at radius 3 is 2.50 bits per heavy atom. The summed E-state index contributed by atoms with van der Waals surface area (Å²) in [6.45, 7) is 3.25. The van der Waals surface area contributed by atoms with Crippen molar-refractivity contribution in [1.82, 2.24) is 5.32 Å². The van der Waals surface area contributed by atoms with E-state index in [0.717, 1.165) is 3.79 Å². The van der Waals surface area contributed by atoms with Gasteiger partial charge in [0.1, 0.15) is 0 Å². The molecule has 1 aromatic heterocycles. The second-order valence-electron chi connectivity index (χ2n) is 3.49. The molecule has 0 aliphatic carbocycles. The number of amides is 1. The normalized spacial score (nSPS) is 14.2. The molecule has 1 rings (SSSR count). The van der Waals surface area contributed by atoms with Crippen LogP contribution in [0.5, 0.6) is 0 Å². The molecule has 88 valence electrons. The van der Waals surface area contributed by atoms with Crippen LogP contribution in [0.3, 0.4) is 0 Å². The highest BCUT2D eigenvalue weighted by atomic mass is 79.9. The number of hydrogen-bond donors (Lipinski definition) is 2. The molecule has 1 aromatic rings. The van der Waals surface area contributed by atoms with Crippen LogP contribution in [0.2, 0.25) is 0 Å². The first-order chi connectivity index (χ1) is 7.41. The Kier molecular flexibility index (Phi) is 4.49. The van der Waals surface area contributed by atoms with Crippen molar-refractivity contribution in [2.24, 2.45) is 5.92 Å². The van der Waals surface area contributed by atoms with Crippen LogP contribution in [0.1, 0.15) is 23.5 Å². The van der Waals surface area contributed by atoms with Crippen molar-refractivity contribution < 1.29 is 14.7 Å². The maximum absolute atomic E-state index is 11.7. The fourth-order valence-corrected chi connectivity index (χ4v) is 2.34. The Labute approximate surface area is 106 Å². The van der Waals surface area contributed by atoms with Gasteiger partial charge in [-0.2, -0.15) is 0 Å². The van der Waals surface area contributed by atoms with E-state index in [-0.39, 0.29) is 5.91 Å². The highest BCUT2D eigenvalue weighted by Crippen LogP contribution is 2.22. The van der Waals surface area contributed by atoms with E-state index in [1.165, 1.54) is 11.3 Å². The highest BCUT2D eigenvalue weighted by Gasteiger charge is 2.21. The predicted molar refractivity (Wildman–Crippen MR) is 65.7 cm³/mol. The molecule has 0 aliphatic heterocycles. The minimum atomic E-state index is -0.917. The molecule has 0 spiro atoms. The first kappa shape index (κ1) is 13.2. The maximum atomic E-state index is 11.7. The highest BCUT2D eigenvalue weighted by molar-refractivity contribution is 9.11. The number of carboxylic acid groups (broad SMARTS) is 1. The molecule has 2 unspecified atom stereocenters. The van der Waals surface area contributed by atoms with E-state index in [9.17, 15) is 9.59 Å². The molecule has 0 bridgehead atoms. The average Bonchev–Trinajstić information content (AvgIpc) is 2.63. The Balaban J connectivity index is 2.61. The molecular formula is C10H12BrNO3S. The summed E-state index contributed by atoms with van der Waals surface area (Å²) >= 11 is 4.58. The number of halogens is 1. The van der Waals surface area contributed by atoms with Crippen molar-refractivity contribution in [1.29, 1.82) is 0 Å². The number of carbonyl (C=O) groups excluding carboxylic acids is 1. The first-order valence-corrected chi connectivity index (χ1v) is 6.31. The van der Waals surface area contributed by atoms with Crippen LogP contribution in [0, 0.1) is 5.92 Å². The zero-order chi connectivity index (χ0) is 12.3. The second kappa shape index (κ2) is 5.45. The number of carboxylic acids is 1. The first-order valence-electron chi connectivity index (χ1n) is 4.71. The zero-order valence-electron chi connectivity index (χ0n) is 8.86. The van der Waals surface area contributed by atoms with Crippen LogP contribution in [-0.2, 0) is 4.79 Å². The minimum absolute atomic E-state index is 0.240. The summed E-state index contributed by atoms with van der Waals surface area (Å²) < 4.78 is 0.872. The quantitative estimate of drug-likeness (QED) is 0.897. The van der Waals surface area contributed by atoms with Gasteiger partial charge in [0, 0.05) is 6.04 Å². The SMILES string of the molecule is CC(NC(=O)c1ccc(Br)s1)C(C)C(=O)O. The summed E-state index contributed by atoms with van der Waals surface area (Å²) in [7, 11) is 0. The third-order valence-electron chi connectivity index (χ3n) is 2.30. The topological polar surface area (TPSA) is 66.4 Å². The van der Waals surface area contributed by atoms with Crippen LogP contribution in [0.4, 0.5) is 0 Å². The molecule has 0 saturated heterocycles. The van der Waals surface area contributed by atoms with E-state index in [2.05, 4.69) is 21.2 Å². The Morgan fingerprint density at radius 2 is 2.06 bits per heavy atom. The Hall–Kier alpha value is -0.880. The van der Waals surface area contributed by atoms with Crippen LogP contribution in [-0.4, -0.2) is 23.0 Å². The number of carbonyl (C=O) groups is 2. The molecule has 0 fully saturated rings. The lowest BCUT2D eigenvalue weighted by molar-refractivity contribution is -0.141. The van der Waals surface area contributed by atoms with Crippen LogP contribution >= 0.6 is 27.3 Å². The summed E-state index contributed by atoms with van der Waals surface area (Å²) in [5, 5.41) is 11.4. The summed E-state index contributed by atoms with van der Waals surface area (Å²) in [6, 6.07) is 3.08. The van der Waals surface area contributed by atoms with Crippen LogP contribution in [0.15, 0.2) is 15.9 Å². The summed E-state index contributed by atoms with van der Waals surface area (Å²) in [6.07, 6.45) is 0. The molecule has 0 radical (unpaired) electrons. The van der Waals surface area contributed by atoms with Crippen LogP contribution in [0.25, 0.3) is 0 Å². The number of hydrogen-bond acceptors (Lipinski definition) is 3. The molecule has 4 nitrogen and oxygen atoms in total. The van der Waals surface area contributed by atoms with Crippen molar-refractivity contribution in [3.63, 3.8) is 0 Å². The molecule has 0 saturated carbocycles. The van der Waals surface area contributed by atoms with Gasteiger partial charge in [-0.15, -0.1) is 11.3 Å².